The first-order valence-electron chi connectivity index (χ1n) is 52.2. The summed E-state index contributed by atoms with van der Waals surface area (Å²) in [5, 5.41) is 35.2. The Labute approximate surface area is 929 Å². The van der Waals surface area contributed by atoms with E-state index in [1.807, 2.05) is 105 Å². The zero-order chi connectivity index (χ0) is 112. The van der Waals surface area contributed by atoms with Gasteiger partial charge in [0, 0.05) is 158 Å². The van der Waals surface area contributed by atoms with Crippen molar-refractivity contribution in [2.45, 2.75) is 324 Å². The van der Waals surface area contributed by atoms with Gasteiger partial charge in [0.15, 0.2) is 0 Å². The highest BCUT2D eigenvalue weighted by Crippen LogP contribution is 2.38. The van der Waals surface area contributed by atoms with Crippen LogP contribution in [0.3, 0.4) is 0 Å². The highest BCUT2D eigenvalue weighted by Gasteiger charge is 2.32. The molecule has 7 N–H and O–H groups in total. The van der Waals surface area contributed by atoms with Gasteiger partial charge in [-0.3, -0.25) is 43.2 Å². The van der Waals surface area contributed by atoms with E-state index < -0.39 is 25.6 Å². The number of carbonyl (C=O) groups is 9. The van der Waals surface area contributed by atoms with E-state index >= 15 is 0 Å². The van der Waals surface area contributed by atoms with Crippen LogP contribution in [-0.4, -0.2) is 236 Å². The van der Waals surface area contributed by atoms with Gasteiger partial charge in [-0.2, -0.15) is 0 Å². The number of likely N-dealkylation sites (tertiary alicyclic amines) is 2. The Morgan fingerprint density at radius 2 is 0.647 bits per heavy atom. The third-order valence-corrected chi connectivity index (χ3v) is 36.6. The molecule has 6 aliphatic heterocycles. The summed E-state index contributed by atoms with van der Waals surface area (Å²) in [5.41, 5.74) is 7.78. The van der Waals surface area contributed by atoms with E-state index in [2.05, 4.69) is 245 Å². The minimum atomic E-state index is -2.51. The Hall–Kier alpha value is -7.88. The van der Waals surface area contributed by atoms with Gasteiger partial charge < -0.3 is 71.0 Å². The van der Waals surface area contributed by atoms with E-state index in [0.717, 1.165) is 178 Å². The third-order valence-electron chi connectivity index (χ3n) is 25.1. The van der Waals surface area contributed by atoms with Crippen LogP contribution in [0, 0.1) is 0 Å². The number of carbonyl (C=O) groups excluding carboxylic acids is 9. The van der Waals surface area contributed by atoms with Gasteiger partial charge in [0.1, 0.15) is 6.67 Å². The fraction of sp³-hybridized carbons (Fsp3) is 0.609. The maximum absolute atomic E-state index is 12.4. The predicted molar refractivity (Wildman–Crippen MR) is 623 cm³/mol. The molecule has 834 valence electrons. The number of piperidine rings is 2. The number of nitrogens with zero attached hydrogens (tertiary/aromatic N) is 4. The summed E-state index contributed by atoms with van der Waals surface area (Å²) in [6.07, 6.45) is 6.85. The number of alkyl halides is 3. The number of rotatable bonds is 17. The predicted octanol–water partition coefficient (Wildman–Crippen LogP) is 25.2. The largest absolute Gasteiger partial charge is 0.381 e. The Kier molecular flexibility index (Phi) is 50.5. The fourth-order valence-corrected chi connectivity index (χ4v) is 24.1. The van der Waals surface area contributed by atoms with Crippen LogP contribution in [-0.2, 0) is 62.9 Å². The molecular weight excluding hydrogens is 2070 g/mol. The smallest absolute Gasteiger partial charge is 0.261 e. The molecule has 0 saturated carbocycles. The second-order valence-corrected chi connectivity index (χ2v) is 56.4. The van der Waals surface area contributed by atoms with Crippen LogP contribution >= 0.6 is 102 Å². The van der Waals surface area contributed by atoms with E-state index in [4.69, 9.17) is 14.2 Å². The zero-order valence-electron chi connectivity index (χ0n) is 94.7. The molecule has 6 aliphatic rings. The zero-order valence-corrected chi connectivity index (χ0v) is 102. The number of nitrogens with one attached hydrogen (secondary N) is 7. The standard InChI is InChI=1S/C15H24N2OS.C14H22N2OS.C14H21NO2S.C14H21NOS.2C13H19NO2S.C11H15F2NOS.C11H16FNOS.C10H15NOS/c1-15(2,3)11-9-13(19-10-11)14(18)16-12-5-7-17(4)8-6-12;1-14(2,3)12-9-11(10-18-12)13(17)16-7-5-15(4)6-8-16;1-14(2,3)12-8-10(9-18-12)13(16)15-11-4-6-17-7-5-11;1-14(2,3)12-9-11(10-17-12)13(16)15-7-5-4-6-8-15;2*1-13(2,3)11-6-9(8-17-11)12(15)14-10-4-5-16-7-10;1-11(2,3)8-4-7(6-16-8)10(15)14-5-9(12)13;1-11(2,3)8-6-9(15-7-8)10(14)13-5-4-12;1-10(2,3)8-6-5-7(13-8)9(12)11-4/h9-10,12H,5-8H2,1-4H3,(H,16,18);9-10H,5-8H2,1-4H3;8-9,11H,4-7H2,1-3H3,(H,15,16);9-10H,4-8H2,1-3H3;2*6,8,10H,4-5,7H2,1-3H3,(H,14,15);4,6,9H,5H2,1-3H3,(H,14,15);6-7H,4-5H2,1-3H3,(H,13,14);5-6H,1-4H3,(H,11,12)/t;;;;2*10-;;;/m....10.../s1. The molecule has 23 nitrogen and oxygen atoms in total. The van der Waals surface area contributed by atoms with Crippen LogP contribution in [0.15, 0.2) is 104 Å². The van der Waals surface area contributed by atoms with Crippen molar-refractivity contribution in [1.82, 2.24) is 56.8 Å². The molecule has 2 atom stereocenters. The summed E-state index contributed by atoms with van der Waals surface area (Å²) in [5.74, 6) is -0.0322. The van der Waals surface area contributed by atoms with Gasteiger partial charge in [-0.25, -0.2) is 13.2 Å². The van der Waals surface area contributed by atoms with Gasteiger partial charge in [0.2, 0.25) is 0 Å². The van der Waals surface area contributed by atoms with Crippen LogP contribution in [0.25, 0.3) is 0 Å². The van der Waals surface area contributed by atoms with Gasteiger partial charge >= 0.3 is 0 Å². The van der Waals surface area contributed by atoms with Crippen LogP contribution in [0.4, 0.5) is 13.2 Å². The first-order valence-corrected chi connectivity index (χ1v) is 60.0. The number of thiophene rings is 9. The molecule has 35 heteroatoms. The maximum Gasteiger partial charge on any atom is 0.261 e. The highest BCUT2D eigenvalue weighted by atomic mass is 32.1. The summed E-state index contributed by atoms with van der Waals surface area (Å²) in [6, 6.07) is 20.7. The van der Waals surface area contributed by atoms with E-state index in [0.29, 0.717) is 29.7 Å². The molecule has 0 unspecified atom stereocenters. The van der Waals surface area contributed by atoms with Gasteiger partial charge in [-0.05, 0) is 216 Å². The van der Waals surface area contributed by atoms with Crippen molar-refractivity contribution < 1.29 is 70.5 Å². The first-order chi connectivity index (χ1) is 69.8. The summed E-state index contributed by atoms with van der Waals surface area (Å²) >= 11 is 14.3. The molecular formula is C115H172F3N11O12S9. The molecule has 6 saturated heterocycles. The molecule has 0 radical (unpaired) electrons. The fourth-order valence-electron chi connectivity index (χ4n) is 15.1. The van der Waals surface area contributed by atoms with Gasteiger partial charge in [0.25, 0.3) is 59.6 Å². The summed E-state index contributed by atoms with van der Waals surface area (Å²) < 4.78 is 51.4. The van der Waals surface area contributed by atoms with Crippen molar-refractivity contribution in [3.05, 3.63) is 197 Å². The normalized spacial score (nSPS) is 16.7. The average Bonchev–Trinajstić information content (AvgIpc) is 1.73. The minimum absolute atomic E-state index is 0.000463. The molecule has 15 rings (SSSR count). The van der Waals surface area contributed by atoms with Crippen LogP contribution in [0.5, 0.6) is 0 Å². The number of amides is 9. The second kappa shape index (κ2) is 58.8. The average molecular weight is 2250 g/mol. The summed E-state index contributed by atoms with van der Waals surface area (Å²) in [7, 11) is 5.88. The van der Waals surface area contributed by atoms with Crippen molar-refractivity contribution in [3.63, 3.8) is 0 Å². The van der Waals surface area contributed by atoms with Crippen molar-refractivity contribution in [3.8, 4) is 0 Å². The minimum Gasteiger partial charge on any atom is -0.381 e. The lowest BCUT2D eigenvalue weighted by Crippen LogP contribution is -2.47. The highest BCUT2D eigenvalue weighted by molar-refractivity contribution is 7.14. The molecule has 150 heavy (non-hydrogen) atoms. The van der Waals surface area contributed by atoms with Gasteiger partial charge in [-0.15, -0.1) is 102 Å². The summed E-state index contributed by atoms with van der Waals surface area (Å²) in [4.78, 5) is 127. The number of likely N-dealkylation sites (N-methyl/N-ethyl adjacent to an activating group) is 1. The molecule has 9 aromatic rings. The number of ether oxygens (including phenoxy) is 3. The quantitative estimate of drug-likeness (QED) is 0.0447. The van der Waals surface area contributed by atoms with Crippen LogP contribution in [0.1, 0.15) is 381 Å². The van der Waals surface area contributed by atoms with E-state index in [1.165, 1.54) is 63.9 Å². The van der Waals surface area contributed by atoms with Crippen molar-refractivity contribution in [1.29, 1.82) is 0 Å². The number of piperazine rings is 1. The molecule has 0 bridgehead atoms. The first kappa shape index (κ1) is 129. The van der Waals surface area contributed by atoms with E-state index in [1.54, 1.807) is 97.9 Å². The van der Waals surface area contributed by atoms with Crippen molar-refractivity contribution in [2.75, 3.05) is 133 Å². The van der Waals surface area contributed by atoms with Crippen LogP contribution < -0.4 is 37.2 Å². The monoisotopic (exact) mass is 2240 g/mol. The van der Waals surface area contributed by atoms with Crippen LogP contribution in [0.2, 0.25) is 0 Å². The van der Waals surface area contributed by atoms with Gasteiger partial charge in [-0.1, -0.05) is 187 Å². The lowest BCUT2D eigenvalue weighted by atomic mass is 9.89. The maximum atomic E-state index is 12.4. The third kappa shape index (κ3) is 44.1. The molecule has 9 amide bonds. The van der Waals surface area contributed by atoms with Crippen molar-refractivity contribution >= 4 is 155 Å². The number of hydrogen-bond acceptors (Lipinski definition) is 23. The van der Waals surface area contributed by atoms with Gasteiger partial charge in [0.05, 0.1) is 79.9 Å². The molecule has 9 aromatic heterocycles. The molecule has 0 aliphatic carbocycles. The Morgan fingerprint density at radius 1 is 0.327 bits per heavy atom. The Bertz CT molecular complexity index is 5590. The summed E-state index contributed by atoms with van der Waals surface area (Å²) in [6.45, 7) is 68.8. The topological polar surface area (TPSA) is 278 Å². The Morgan fingerprint density at radius 3 is 0.973 bits per heavy atom. The van der Waals surface area contributed by atoms with E-state index in [-0.39, 0.29) is 121 Å². The molecule has 0 spiro atoms. The lowest BCUT2D eigenvalue weighted by Gasteiger charge is -2.32. The SMILES string of the molecule is CC(C)(C)c1cc(C(=O)N2CCCCC2)cs1.CC(C)(C)c1cc(C(=O)NC2CCOCC2)cs1.CC(C)(C)c1cc(C(=O)NCC(F)F)cs1.CC(C)(C)c1cc(C(=O)N[C@@H]2CCOC2)cs1.CC(C)(C)c1cc(C(=O)N[C@H]2CCOC2)cs1.CC(C)(C)c1csc(C(=O)NCCF)c1.CN1CCC(NC(=O)c2cc(C(C)(C)C)cs2)CC1.CN1CCN(C(=O)c2csc(C(C)(C)C)c2)CC1.CNC(=O)c1ccc(C(C)(C)C)s1. The number of hydrogen-bond donors (Lipinski definition) is 7. The second-order valence-electron chi connectivity index (χ2n) is 48.1. The number of halogens is 3. The molecule has 15 heterocycles. The van der Waals surface area contributed by atoms with E-state index in [9.17, 15) is 56.3 Å². The van der Waals surface area contributed by atoms with Crippen molar-refractivity contribution in [2.24, 2.45) is 0 Å². The molecule has 6 fully saturated rings. The Balaban J connectivity index is 0.000000229. The lowest BCUT2D eigenvalue weighted by molar-refractivity contribution is 0.0662. The molecule has 0 aromatic carbocycles.